The van der Waals surface area contributed by atoms with Crippen molar-refractivity contribution in [2.24, 2.45) is 0 Å². The van der Waals surface area contributed by atoms with Crippen molar-refractivity contribution in [3.8, 4) is 11.1 Å². The van der Waals surface area contributed by atoms with Crippen LogP contribution >= 0.6 is 0 Å². The lowest BCUT2D eigenvalue weighted by Gasteiger charge is -2.15. The van der Waals surface area contributed by atoms with E-state index in [1.165, 1.54) is 28.8 Å². The molecule has 0 radical (unpaired) electrons. The summed E-state index contributed by atoms with van der Waals surface area (Å²) >= 11 is 0. The van der Waals surface area contributed by atoms with E-state index in [4.69, 9.17) is 4.74 Å². The molecule has 166 valence electrons. The normalized spacial score (nSPS) is 16.7. The number of benzene rings is 2. The van der Waals surface area contributed by atoms with Crippen molar-refractivity contribution < 1.29 is 23.8 Å². The van der Waals surface area contributed by atoms with Crippen LogP contribution in [0.25, 0.3) is 11.1 Å². The molecule has 1 aliphatic rings. The number of nitrogens with zero attached hydrogens (tertiary/aromatic N) is 4. The van der Waals surface area contributed by atoms with Crippen LogP contribution in [0, 0.1) is 5.82 Å². The van der Waals surface area contributed by atoms with Gasteiger partial charge in [0.2, 0.25) is 5.91 Å². The molecule has 2 N–H and O–H groups in total. The van der Waals surface area contributed by atoms with Gasteiger partial charge in [0, 0.05) is 18.7 Å². The molecule has 2 unspecified atom stereocenters. The molecule has 2 aromatic carbocycles. The fourth-order valence-corrected chi connectivity index (χ4v) is 3.50. The number of aliphatic hydroxyl groups is 1. The van der Waals surface area contributed by atoms with Crippen LogP contribution in [0.2, 0.25) is 0 Å². The minimum absolute atomic E-state index is 0.202. The summed E-state index contributed by atoms with van der Waals surface area (Å²) in [5.74, 6) is -0.705. The van der Waals surface area contributed by atoms with E-state index >= 15 is 0 Å². The first-order chi connectivity index (χ1) is 15.4. The summed E-state index contributed by atoms with van der Waals surface area (Å²) < 4.78 is 21.6. The fraction of sp³-hybridized carbons (Fsp3) is 0.273. The number of hydrogen-bond acceptors (Lipinski definition) is 6. The van der Waals surface area contributed by atoms with Crippen LogP contribution in [0.1, 0.15) is 18.6 Å². The molecule has 3 aromatic rings. The molecular formula is C22H22FN5O4. The van der Waals surface area contributed by atoms with Gasteiger partial charge >= 0.3 is 6.09 Å². The van der Waals surface area contributed by atoms with Gasteiger partial charge in [0.05, 0.1) is 37.6 Å². The monoisotopic (exact) mass is 439 g/mol. The number of hydrogen-bond donors (Lipinski definition) is 2. The number of carbonyl (C=O) groups excluding carboxylic acids is 2. The Morgan fingerprint density at radius 1 is 1.31 bits per heavy atom. The lowest BCUT2D eigenvalue weighted by atomic mass is 10.0. The van der Waals surface area contributed by atoms with Crippen molar-refractivity contribution >= 4 is 17.7 Å². The largest absolute Gasteiger partial charge is 0.442 e. The van der Waals surface area contributed by atoms with Crippen LogP contribution in [0.5, 0.6) is 0 Å². The summed E-state index contributed by atoms with van der Waals surface area (Å²) in [6, 6.07) is 11.4. The lowest BCUT2D eigenvalue weighted by molar-refractivity contribution is -0.119. The van der Waals surface area contributed by atoms with Gasteiger partial charge < -0.3 is 15.2 Å². The van der Waals surface area contributed by atoms with Crippen molar-refractivity contribution in [1.29, 1.82) is 0 Å². The summed E-state index contributed by atoms with van der Waals surface area (Å²) in [4.78, 5) is 24.5. The van der Waals surface area contributed by atoms with Crippen LogP contribution in [0.4, 0.5) is 14.9 Å². The third kappa shape index (κ3) is 4.75. The molecule has 1 fully saturated rings. The zero-order valence-corrected chi connectivity index (χ0v) is 17.3. The van der Waals surface area contributed by atoms with Crippen molar-refractivity contribution in [2.75, 3.05) is 18.0 Å². The highest BCUT2D eigenvalue weighted by atomic mass is 19.1. The number of ether oxygens (including phenoxy) is 1. The number of amides is 2. The van der Waals surface area contributed by atoms with Gasteiger partial charge in [-0.2, -0.15) is 0 Å². The molecule has 10 heteroatoms. The predicted molar refractivity (Wildman–Crippen MR) is 113 cm³/mol. The number of aliphatic hydroxyl groups excluding tert-OH is 1. The van der Waals surface area contributed by atoms with Crippen LogP contribution in [0.3, 0.4) is 0 Å². The minimum Gasteiger partial charge on any atom is -0.442 e. The maximum Gasteiger partial charge on any atom is 0.414 e. The Balaban J connectivity index is 1.45. The standard InChI is InChI=1S/C22H22FN5O4/c1-14(29)24-11-18-12-28(22(31)32-18)17-6-7-19(20(23)10-17)15-2-4-16(5-3-15)21(30)13-27-9-8-25-26-27/h2-10,18,21,30H,11-13H2,1H3,(H,24,29). The zero-order valence-electron chi connectivity index (χ0n) is 17.3. The Hall–Kier alpha value is -3.79. The van der Waals surface area contributed by atoms with Gasteiger partial charge in [-0.25, -0.2) is 13.9 Å². The molecule has 2 amide bonds. The molecule has 0 saturated carbocycles. The van der Waals surface area contributed by atoms with Gasteiger partial charge in [0.25, 0.3) is 0 Å². The maximum atomic E-state index is 14.9. The van der Waals surface area contributed by atoms with E-state index in [2.05, 4.69) is 15.6 Å². The van der Waals surface area contributed by atoms with E-state index < -0.39 is 24.1 Å². The molecule has 1 aliphatic heterocycles. The molecular weight excluding hydrogens is 417 g/mol. The van der Waals surface area contributed by atoms with E-state index in [9.17, 15) is 19.1 Å². The molecule has 1 aromatic heterocycles. The highest BCUT2D eigenvalue weighted by molar-refractivity contribution is 5.90. The molecule has 0 spiro atoms. The van der Waals surface area contributed by atoms with Crippen LogP contribution in [-0.4, -0.2) is 51.3 Å². The van der Waals surface area contributed by atoms with E-state index in [0.29, 0.717) is 22.4 Å². The third-order valence-electron chi connectivity index (χ3n) is 5.16. The van der Waals surface area contributed by atoms with E-state index in [1.54, 1.807) is 42.6 Å². The molecule has 2 atom stereocenters. The van der Waals surface area contributed by atoms with Crippen molar-refractivity contribution in [3.63, 3.8) is 0 Å². The first-order valence-electron chi connectivity index (χ1n) is 10.1. The number of halogens is 1. The summed E-state index contributed by atoms with van der Waals surface area (Å²) in [6.07, 6.45) is 1.34. The number of aromatic nitrogens is 3. The van der Waals surface area contributed by atoms with Crippen molar-refractivity contribution in [1.82, 2.24) is 20.3 Å². The summed E-state index contributed by atoms with van der Waals surface area (Å²) in [5, 5.41) is 20.5. The topological polar surface area (TPSA) is 110 Å². The lowest BCUT2D eigenvalue weighted by Crippen LogP contribution is -2.33. The van der Waals surface area contributed by atoms with Crippen LogP contribution in [0.15, 0.2) is 54.9 Å². The summed E-state index contributed by atoms with van der Waals surface area (Å²) in [5.41, 5.74) is 2.06. The Morgan fingerprint density at radius 2 is 2.09 bits per heavy atom. The molecule has 4 rings (SSSR count). The maximum absolute atomic E-state index is 14.9. The first kappa shape index (κ1) is 21.4. The van der Waals surface area contributed by atoms with Gasteiger partial charge in [-0.1, -0.05) is 29.5 Å². The van der Waals surface area contributed by atoms with Crippen molar-refractivity contribution in [2.45, 2.75) is 25.7 Å². The Bertz CT molecular complexity index is 1100. The average Bonchev–Trinajstić information content (AvgIpc) is 3.41. The third-order valence-corrected chi connectivity index (χ3v) is 5.16. The number of rotatable bonds is 7. The fourth-order valence-electron chi connectivity index (χ4n) is 3.50. The van der Waals surface area contributed by atoms with Gasteiger partial charge in [-0.05, 0) is 29.3 Å². The van der Waals surface area contributed by atoms with E-state index in [1.807, 2.05) is 0 Å². The van der Waals surface area contributed by atoms with Gasteiger partial charge in [-0.3, -0.25) is 9.69 Å². The average molecular weight is 439 g/mol. The van der Waals surface area contributed by atoms with Gasteiger partial charge in [-0.15, -0.1) is 5.10 Å². The zero-order chi connectivity index (χ0) is 22.7. The first-order valence-corrected chi connectivity index (χ1v) is 10.1. The van der Waals surface area contributed by atoms with Crippen LogP contribution in [-0.2, 0) is 16.1 Å². The Labute approximate surface area is 183 Å². The minimum atomic E-state index is -0.774. The summed E-state index contributed by atoms with van der Waals surface area (Å²) in [6.45, 7) is 2.06. The second kappa shape index (κ2) is 9.15. The van der Waals surface area contributed by atoms with Gasteiger partial charge in [0.15, 0.2) is 0 Å². The van der Waals surface area contributed by atoms with Gasteiger partial charge in [0.1, 0.15) is 11.9 Å². The SMILES string of the molecule is CC(=O)NCC1CN(c2ccc(-c3ccc(C(O)Cn4ccnn4)cc3)c(F)c2)C(=O)O1. The smallest absolute Gasteiger partial charge is 0.414 e. The number of carbonyl (C=O) groups is 2. The molecule has 2 heterocycles. The second-order valence-corrected chi connectivity index (χ2v) is 7.48. The van der Waals surface area contributed by atoms with E-state index in [-0.39, 0.29) is 25.5 Å². The Morgan fingerprint density at radius 3 is 2.75 bits per heavy atom. The second-order valence-electron chi connectivity index (χ2n) is 7.48. The number of anilines is 1. The highest BCUT2D eigenvalue weighted by Crippen LogP contribution is 2.30. The quantitative estimate of drug-likeness (QED) is 0.585. The Kier molecular flexibility index (Phi) is 6.13. The summed E-state index contributed by atoms with van der Waals surface area (Å²) in [7, 11) is 0. The molecule has 1 saturated heterocycles. The van der Waals surface area contributed by atoms with Crippen LogP contribution < -0.4 is 10.2 Å². The highest BCUT2D eigenvalue weighted by Gasteiger charge is 2.32. The molecule has 9 nitrogen and oxygen atoms in total. The molecule has 0 bridgehead atoms. The number of cyclic esters (lactones) is 1. The number of nitrogens with one attached hydrogen (secondary N) is 1. The van der Waals surface area contributed by atoms with E-state index in [0.717, 1.165) is 0 Å². The van der Waals surface area contributed by atoms with Crippen molar-refractivity contribution in [3.05, 3.63) is 66.2 Å². The predicted octanol–water partition coefficient (Wildman–Crippen LogP) is 2.28. The molecule has 32 heavy (non-hydrogen) atoms. The molecule has 0 aliphatic carbocycles.